The lowest BCUT2D eigenvalue weighted by Crippen LogP contribution is -2.23. The standard InChI is InChI=1S/C13H18NO2/c1-5-14-11-8-6-10(7-9-11)12(15)16-13(2,3)4/h6-8,14H,5H2,1-4H3. The smallest absolute Gasteiger partial charge is 0.338 e. The average molecular weight is 220 g/mol. The Morgan fingerprint density at radius 2 is 2.12 bits per heavy atom. The third-order valence-electron chi connectivity index (χ3n) is 1.81. The van der Waals surface area contributed by atoms with Gasteiger partial charge in [0.2, 0.25) is 0 Å². The Morgan fingerprint density at radius 3 is 2.56 bits per heavy atom. The van der Waals surface area contributed by atoms with Crippen LogP contribution in [0.3, 0.4) is 0 Å². The predicted octanol–water partition coefficient (Wildman–Crippen LogP) is 2.87. The Balaban J connectivity index is 2.70. The van der Waals surface area contributed by atoms with Gasteiger partial charge in [-0.1, -0.05) is 0 Å². The number of nitrogens with one attached hydrogen (secondary N) is 1. The van der Waals surface area contributed by atoms with Gasteiger partial charge < -0.3 is 10.1 Å². The fourth-order valence-corrected chi connectivity index (χ4v) is 1.19. The number of carbonyl (C=O) groups is 1. The quantitative estimate of drug-likeness (QED) is 0.796. The van der Waals surface area contributed by atoms with Gasteiger partial charge in [0.1, 0.15) is 5.60 Å². The first kappa shape index (κ1) is 12.6. The van der Waals surface area contributed by atoms with Crippen LogP contribution in [-0.4, -0.2) is 18.1 Å². The fourth-order valence-electron chi connectivity index (χ4n) is 1.19. The van der Waals surface area contributed by atoms with Gasteiger partial charge in [-0.05, 0) is 45.9 Å². The van der Waals surface area contributed by atoms with E-state index in [4.69, 9.17) is 4.74 Å². The maximum Gasteiger partial charge on any atom is 0.338 e. The molecule has 1 radical (unpaired) electrons. The molecule has 0 saturated carbocycles. The van der Waals surface area contributed by atoms with Crippen LogP contribution in [0.1, 0.15) is 38.1 Å². The molecule has 0 heterocycles. The summed E-state index contributed by atoms with van der Waals surface area (Å²) in [5.41, 5.74) is 0.948. The molecule has 0 amide bonds. The molecule has 1 rings (SSSR count). The van der Waals surface area contributed by atoms with Crippen molar-refractivity contribution in [1.82, 2.24) is 0 Å². The van der Waals surface area contributed by atoms with Gasteiger partial charge in [0.15, 0.2) is 0 Å². The lowest BCUT2D eigenvalue weighted by molar-refractivity contribution is 0.00696. The molecule has 1 N–H and O–H groups in total. The highest BCUT2D eigenvalue weighted by Crippen LogP contribution is 2.14. The van der Waals surface area contributed by atoms with Crippen LogP contribution in [-0.2, 0) is 4.74 Å². The normalized spacial score (nSPS) is 11.0. The minimum Gasteiger partial charge on any atom is -0.456 e. The Kier molecular flexibility index (Phi) is 3.93. The first-order valence-electron chi connectivity index (χ1n) is 5.41. The Hall–Kier alpha value is -1.51. The topological polar surface area (TPSA) is 38.3 Å². The van der Waals surface area contributed by atoms with Crippen LogP contribution >= 0.6 is 0 Å². The van der Waals surface area contributed by atoms with Crippen LogP contribution in [0.2, 0.25) is 0 Å². The molecule has 1 aromatic carbocycles. The van der Waals surface area contributed by atoms with E-state index in [-0.39, 0.29) is 5.97 Å². The van der Waals surface area contributed by atoms with Crippen LogP contribution in [0.4, 0.5) is 5.69 Å². The largest absolute Gasteiger partial charge is 0.456 e. The Labute approximate surface area is 96.8 Å². The van der Waals surface area contributed by atoms with E-state index >= 15 is 0 Å². The van der Waals surface area contributed by atoms with Crippen molar-refractivity contribution in [2.75, 3.05) is 11.9 Å². The van der Waals surface area contributed by atoms with Crippen molar-refractivity contribution in [3.63, 3.8) is 0 Å². The summed E-state index contributed by atoms with van der Waals surface area (Å²) in [6.07, 6.45) is 0. The lowest BCUT2D eigenvalue weighted by atomic mass is 10.1. The number of hydrogen-bond donors (Lipinski definition) is 1. The van der Waals surface area contributed by atoms with E-state index < -0.39 is 5.60 Å². The molecule has 0 atom stereocenters. The van der Waals surface area contributed by atoms with E-state index in [1.165, 1.54) is 0 Å². The van der Waals surface area contributed by atoms with E-state index in [2.05, 4.69) is 11.4 Å². The minimum absolute atomic E-state index is 0.313. The van der Waals surface area contributed by atoms with Crippen molar-refractivity contribution in [1.29, 1.82) is 0 Å². The molecule has 0 spiro atoms. The number of anilines is 1. The summed E-state index contributed by atoms with van der Waals surface area (Å²) in [6.45, 7) is 8.39. The summed E-state index contributed by atoms with van der Waals surface area (Å²) in [6, 6.07) is 8.20. The van der Waals surface area contributed by atoms with E-state index in [0.29, 0.717) is 5.56 Å². The molecule has 3 nitrogen and oxygen atoms in total. The average Bonchev–Trinajstić information content (AvgIpc) is 2.16. The number of hydrogen-bond acceptors (Lipinski definition) is 3. The van der Waals surface area contributed by atoms with Gasteiger partial charge in [0.05, 0.1) is 5.56 Å². The van der Waals surface area contributed by atoms with E-state index in [1.807, 2.05) is 33.8 Å². The first-order valence-corrected chi connectivity index (χ1v) is 5.41. The fraction of sp³-hybridized carbons (Fsp3) is 0.462. The molecule has 0 saturated heterocycles. The molecule has 3 heteroatoms. The number of benzene rings is 1. The summed E-state index contributed by atoms with van der Waals surface area (Å²) in [5.74, 6) is -0.313. The second-order valence-electron chi connectivity index (χ2n) is 4.52. The van der Waals surface area contributed by atoms with Crippen LogP contribution in [0.5, 0.6) is 0 Å². The van der Waals surface area contributed by atoms with Crippen LogP contribution in [0, 0.1) is 6.07 Å². The van der Waals surface area contributed by atoms with Gasteiger partial charge in [-0.15, -0.1) is 0 Å². The van der Waals surface area contributed by atoms with Gasteiger partial charge in [-0.3, -0.25) is 0 Å². The van der Waals surface area contributed by atoms with Crippen molar-refractivity contribution in [3.05, 3.63) is 29.8 Å². The van der Waals surface area contributed by atoms with Crippen molar-refractivity contribution >= 4 is 11.7 Å². The predicted molar refractivity (Wildman–Crippen MR) is 64.6 cm³/mol. The summed E-state index contributed by atoms with van der Waals surface area (Å²) >= 11 is 0. The summed E-state index contributed by atoms with van der Waals surface area (Å²) < 4.78 is 5.24. The Bertz CT molecular complexity index is 349. The number of esters is 1. The molecule has 1 aromatic rings. The van der Waals surface area contributed by atoms with Crippen molar-refractivity contribution in [2.45, 2.75) is 33.3 Å². The van der Waals surface area contributed by atoms with Gasteiger partial charge in [0.25, 0.3) is 0 Å². The van der Waals surface area contributed by atoms with Crippen LogP contribution in [0.15, 0.2) is 18.2 Å². The molecular weight excluding hydrogens is 202 g/mol. The lowest BCUT2D eigenvalue weighted by Gasteiger charge is -2.19. The molecule has 0 fully saturated rings. The third-order valence-corrected chi connectivity index (χ3v) is 1.81. The first-order chi connectivity index (χ1) is 7.42. The zero-order chi connectivity index (χ0) is 12.2. The highest BCUT2D eigenvalue weighted by atomic mass is 16.6. The van der Waals surface area contributed by atoms with E-state index in [1.54, 1.807) is 12.1 Å². The highest BCUT2D eigenvalue weighted by molar-refractivity contribution is 5.90. The molecule has 0 aliphatic heterocycles. The SMILES string of the molecule is CCNc1[c]cc(C(=O)OC(C)(C)C)cc1. The molecule has 0 aliphatic rings. The molecule has 16 heavy (non-hydrogen) atoms. The van der Waals surface area contributed by atoms with Gasteiger partial charge in [-0.2, -0.15) is 0 Å². The van der Waals surface area contributed by atoms with Crippen LogP contribution < -0.4 is 5.32 Å². The molecule has 0 aliphatic carbocycles. The second kappa shape index (κ2) is 5.01. The van der Waals surface area contributed by atoms with Crippen LogP contribution in [0.25, 0.3) is 0 Å². The second-order valence-corrected chi connectivity index (χ2v) is 4.52. The van der Waals surface area contributed by atoms with Gasteiger partial charge >= 0.3 is 5.97 Å². The molecular formula is C13H18NO2. The van der Waals surface area contributed by atoms with Crippen molar-refractivity contribution < 1.29 is 9.53 Å². The number of rotatable bonds is 3. The van der Waals surface area contributed by atoms with Gasteiger partial charge in [0, 0.05) is 18.3 Å². The maximum absolute atomic E-state index is 11.7. The monoisotopic (exact) mass is 220 g/mol. The molecule has 87 valence electrons. The summed E-state index contributed by atoms with van der Waals surface area (Å²) in [4.78, 5) is 11.7. The van der Waals surface area contributed by atoms with E-state index in [0.717, 1.165) is 12.2 Å². The van der Waals surface area contributed by atoms with E-state index in [9.17, 15) is 4.79 Å². The minimum atomic E-state index is -0.461. The zero-order valence-electron chi connectivity index (χ0n) is 10.3. The Morgan fingerprint density at radius 1 is 1.44 bits per heavy atom. The van der Waals surface area contributed by atoms with Gasteiger partial charge in [-0.25, -0.2) is 4.79 Å². The zero-order valence-corrected chi connectivity index (χ0v) is 10.3. The molecule has 0 aromatic heterocycles. The summed E-state index contributed by atoms with van der Waals surface area (Å²) in [7, 11) is 0. The summed E-state index contributed by atoms with van der Waals surface area (Å²) in [5, 5.41) is 3.11. The number of carbonyl (C=O) groups excluding carboxylic acids is 1. The van der Waals surface area contributed by atoms with Crippen molar-refractivity contribution in [2.24, 2.45) is 0 Å². The molecule has 0 bridgehead atoms. The maximum atomic E-state index is 11.7. The van der Waals surface area contributed by atoms with Crippen molar-refractivity contribution in [3.8, 4) is 0 Å². The molecule has 0 unspecified atom stereocenters. The third kappa shape index (κ3) is 3.93. The highest BCUT2D eigenvalue weighted by Gasteiger charge is 2.17. The number of ether oxygens (including phenoxy) is 1.